The molecule has 1 amide bonds. The van der Waals surface area contributed by atoms with Crippen molar-refractivity contribution in [3.63, 3.8) is 0 Å². The number of hydrogen-bond acceptors (Lipinski definition) is 10. The van der Waals surface area contributed by atoms with Crippen LogP contribution in [0.4, 0.5) is 10.2 Å². The number of ether oxygens (including phenoxy) is 1. The molecule has 1 aromatic heterocycles. The number of hydrogen-bond donors (Lipinski definition) is 2. The molecular formula is C43H57FN9O3P. The Balaban J connectivity index is 0.00000270. The second-order valence-electron chi connectivity index (χ2n) is 15.4. The molecule has 2 saturated heterocycles. The number of aromatic nitrogens is 2. The van der Waals surface area contributed by atoms with E-state index in [1.54, 1.807) is 32.3 Å². The number of anilines is 1. The van der Waals surface area contributed by atoms with Crippen LogP contribution in [0.2, 0.25) is 0 Å². The quantitative estimate of drug-likeness (QED) is 0.159. The monoisotopic (exact) mass is 797 g/mol. The molecule has 4 heterocycles. The Hall–Kier alpha value is -4.74. The van der Waals surface area contributed by atoms with Crippen LogP contribution in [0.1, 0.15) is 82.2 Å². The third-order valence-electron chi connectivity index (χ3n) is 11.1. The average molecular weight is 798 g/mol. The number of nitrogens with zero attached hydrogens (tertiary/aromatic N) is 8. The Morgan fingerprint density at radius 1 is 1.14 bits per heavy atom. The summed E-state index contributed by atoms with van der Waals surface area (Å²) in [6.45, 7) is 13.8. The van der Waals surface area contributed by atoms with Crippen LogP contribution >= 0.6 is 9.24 Å². The van der Waals surface area contributed by atoms with E-state index in [4.69, 9.17) is 30.4 Å². The van der Waals surface area contributed by atoms with Crippen LogP contribution in [0.15, 0.2) is 45.3 Å². The van der Waals surface area contributed by atoms with Gasteiger partial charge in [0.05, 0.1) is 29.1 Å². The van der Waals surface area contributed by atoms with Crippen molar-refractivity contribution in [2.75, 3.05) is 65.0 Å². The van der Waals surface area contributed by atoms with Gasteiger partial charge in [0, 0.05) is 44.4 Å². The highest BCUT2D eigenvalue weighted by Crippen LogP contribution is 2.45. The summed E-state index contributed by atoms with van der Waals surface area (Å²) in [5.74, 6) is 0.309. The van der Waals surface area contributed by atoms with Crippen LogP contribution in [-0.2, 0) is 11.2 Å². The van der Waals surface area contributed by atoms with E-state index in [2.05, 4.69) is 24.0 Å². The molecule has 304 valence electrons. The number of phenolic OH excluding ortho intramolecular Hbond substituents is 1. The maximum atomic E-state index is 15.5. The molecule has 0 spiro atoms. The lowest BCUT2D eigenvalue weighted by atomic mass is 9.82. The number of carbonyl (C=O) groups excluding carboxylic acids is 1. The molecule has 1 unspecified atom stereocenters. The Morgan fingerprint density at radius 3 is 2.54 bits per heavy atom. The van der Waals surface area contributed by atoms with Crippen molar-refractivity contribution >= 4 is 66.3 Å². The van der Waals surface area contributed by atoms with Gasteiger partial charge in [-0.2, -0.15) is 9.97 Å². The molecule has 2 aromatic carbocycles. The number of benzene rings is 2. The van der Waals surface area contributed by atoms with Gasteiger partial charge in [0.15, 0.2) is 5.84 Å². The topological polar surface area (TPSA) is 145 Å². The number of halogens is 1. The van der Waals surface area contributed by atoms with Gasteiger partial charge in [0.1, 0.15) is 29.8 Å². The van der Waals surface area contributed by atoms with Crippen LogP contribution in [0.25, 0.3) is 28.0 Å². The Labute approximate surface area is 338 Å². The third kappa shape index (κ3) is 8.46. The second-order valence-corrected chi connectivity index (χ2v) is 15.4. The van der Waals surface area contributed by atoms with Crippen molar-refractivity contribution < 1.29 is 19.0 Å². The molecule has 3 aromatic rings. The fourth-order valence-corrected chi connectivity index (χ4v) is 8.61. The van der Waals surface area contributed by atoms with Crippen molar-refractivity contribution in [3.8, 4) is 11.8 Å². The molecule has 7 rings (SSSR count). The lowest BCUT2D eigenvalue weighted by Gasteiger charge is -2.32. The van der Waals surface area contributed by atoms with Crippen LogP contribution in [0.3, 0.4) is 0 Å². The highest BCUT2D eigenvalue weighted by molar-refractivity contribution is 7.15. The second kappa shape index (κ2) is 17.8. The minimum Gasteiger partial charge on any atom is -0.508 e. The largest absolute Gasteiger partial charge is 0.508 e. The molecule has 1 atom stereocenters. The Bertz CT molecular complexity index is 2170. The van der Waals surface area contributed by atoms with Gasteiger partial charge in [-0.25, -0.2) is 9.38 Å². The number of carbonyl (C=O) groups is 1. The maximum Gasteiger partial charge on any atom is 0.319 e. The van der Waals surface area contributed by atoms with Crippen molar-refractivity contribution in [1.29, 1.82) is 0 Å². The molecule has 14 heteroatoms. The van der Waals surface area contributed by atoms with Crippen molar-refractivity contribution in [1.82, 2.24) is 19.8 Å². The predicted octanol–water partition coefficient (Wildman–Crippen LogP) is 6.40. The summed E-state index contributed by atoms with van der Waals surface area (Å²) in [5.41, 5.74) is 11.0. The van der Waals surface area contributed by atoms with Gasteiger partial charge in [-0.15, -0.1) is 9.24 Å². The number of aromatic hydroxyl groups is 1. The maximum absolute atomic E-state index is 15.5. The van der Waals surface area contributed by atoms with E-state index in [1.165, 1.54) is 11.0 Å². The first kappa shape index (κ1) is 41.9. The summed E-state index contributed by atoms with van der Waals surface area (Å²) < 4.78 is 22.1. The van der Waals surface area contributed by atoms with Crippen LogP contribution in [0, 0.1) is 5.82 Å². The Kier molecular flexibility index (Phi) is 13.1. The van der Waals surface area contributed by atoms with E-state index in [-0.39, 0.29) is 41.5 Å². The minimum atomic E-state index is -0.394. The molecule has 4 aliphatic rings. The van der Waals surface area contributed by atoms with Gasteiger partial charge in [-0.05, 0) is 119 Å². The summed E-state index contributed by atoms with van der Waals surface area (Å²) in [5, 5.41) is 12.5. The number of nitrogens with two attached hydrogens (primary N) is 1. The number of phenols is 1. The predicted molar refractivity (Wildman–Crippen MR) is 234 cm³/mol. The van der Waals surface area contributed by atoms with E-state index in [0.29, 0.717) is 66.7 Å². The number of likely N-dealkylation sites (N-methyl/N-ethyl adjacent to an activating group) is 1. The molecule has 0 saturated carbocycles. The van der Waals surface area contributed by atoms with E-state index in [1.807, 2.05) is 46.5 Å². The number of fused-ring (bicyclic) bond motifs is 3. The van der Waals surface area contributed by atoms with Gasteiger partial charge in [-0.3, -0.25) is 19.7 Å². The van der Waals surface area contributed by atoms with E-state index >= 15 is 4.39 Å². The highest BCUT2D eigenvalue weighted by atomic mass is 31.0. The number of aliphatic imine (C=N–C) groups is 3. The molecule has 2 fully saturated rings. The highest BCUT2D eigenvalue weighted by Gasteiger charge is 2.45. The molecule has 0 bridgehead atoms. The SMILES string of the molecule is C/C=C1\C(=NC(C)C)C(c2cc(O)cc3ccc(F)c(CC)c23)=Cc2nc(OCC34CCCN3CCC4)nc(N3CCCN=C(N=C(N)C(=O)N(C)C)C3)c21.CP. The molecule has 1 aliphatic carbocycles. The smallest absolute Gasteiger partial charge is 0.319 e. The first-order valence-electron chi connectivity index (χ1n) is 20.1. The molecule has 3 aliphatic heterocycles. The lowest BCUT2D eigenvalue weighted by Crippen LogP contribution is -2.43. The standard InChI is InChI=1S/C42H52FN9O3.CH5P/c1-7-28-32(43)13-12-26-20-27(53)21-30(35(26)28)31-22-33-36(29(8-2)37(31)46-25(3)4)39(49-41(47-33)55-24-42-14-9-18-52(42)19-10-15-42)51-17-11-16-45-34(23-51)48-38(44)40(54)50(5)6;1-2/h8,12-13,20-22,25,53H,7,9-11,14-19,23-24H2,1-6H3,(H2,44,45,48);2H2,1H3/b29-8-,46-37?;. The first-order chi connectivity index (χ1) is 27.4. The summed E-state index contributed by atoms with van der Waals surface area (Å²) >= 11 is 0. The van der Waals surface area contributed by atoms with E-state index in [0.717, 1.165) is 66.3 Å². The van der Waals surface area contributed by atoms with Crippen molar-refractivity contribution in [2.24, 2.45) is 20.7 Å². The normalized spacial score (nSPS) is 19.5. The number of amidine groups is 2. The van der Waals surface area contributed by atoms with Crippen molar-refractivity contribution in [2.45, 2.75) is 77.8 Å². The average Bonchev–Trinajstić information content (AvgIpc) is 3.70. The van der Waals surface area contributed by atoms with Crippen molar-refractivity contribution in [3.05, 3.63) is 58.5 Å². The summed E-state index contributed by atoms with van der Waals surface area (Å²) in [7, 11) is 5.68. The fraction of sp³-hybridized carbons (Fsp3) is 0.488. The van der Waals surface area contributed by atoms with Gasteiger partial charge < -0.3 is 25.4 Å². The zero-order chi connectivity index (χ0) is 41.0. The number of allylic oxidation sites excluding steroid dienone is 3. The zero-order valence-corrected chi connectivity index (χ0v) is 35.6. The van der Waals surface area contributed by atoms with Gasteiger partial charge >= 0.3 is 6.01 Å². The lowest BCUT2D eigenvalue weighted by molar-refractivity contribution is -0.121. The molecule has 0 radical (unpaired) electrons. The number of rotatable bonds is 7. The molecule has 12 nitrogen and oxygen atoms in total. The fourth-order valence-electron chi connectivity index (χ4n) is 8.61. The van der Waals surface area contributed by atoms with Gasteiger partial charge in [0.25, 0.3) is 5.91 Å². The zero-order valence-electron chi connectivity index (χ0n) is 34.4. The molecule has 57 heavy (non-hydrogen) atoms. The summed E-state index contributed by atoms with van der Waals surface area (Å²) in [4.78, 5) is 43.3. The number of amides is 1. The summed E-state index contributed by atoms with van der Waals surface area (Å²) in [6, 6.07) is 6.69. The van der Waals surface area contributed by atoms with Crippen LogP contribution < -0.4 is 15.4 Å². The first-order valence-corrected chi connectivity index (χ1v) is 21.2. The third-order valence-corrected chi connectivity index (χ3v) is 11.1. The van der Waals surface area contributed by atoms with Crippen LogP contribution in [-0.4, -0.2) is 120 Å². The van der Waals surface area contributed by atoms with E-state index < -0.39 is 5.91 Å². The molecule has 3 N–H and O–H groups in total. The van der Waals surface area contributed by atoms with Gasteiger partial charge in [0.2, 0.25) is 0 Å². The summed E-state index contributed by atoms with van der Waals surface area (Å²) in [6.07, 6.45) is 9.61. The Morgan fingerprint density at radius 2 is 1.88 bits per heavy atom. The van der Waals surface area contributed by atoms with Gasteiger partial charge in [-0.1, -0.05) is 25.7 Å². The number of aryl methyl sites for hydroxylation is 1. The molecular weight excluding hydrogens is 741 g/mol. The minimum absolute atomic E-state index is 0.0270. The van der Waals surface area contributed by atoms with E-state index in [9.17, 15) is 9.90 Å². The van der Waals surface area contributed by atoms with Crippen LogP contribution in [0.5, 0.6) is 11.8 Å².